The molecule has 1 saturated heterocycles. The predicted octanol–water partition coefficient (Wildman–Crippen LogP) is 3.38. The molecule has 0 aliphatic carbocycles. The molecule has 2 rings (SSSR count). The third-order valence-electron chi connectivity index (χ3n) is 3.56. The number of carbonyl (C=O) groups is 1. The van der Waals surface area contributed by atoms with Gasteiger partial charge in [0.15, 0.2) is 0 Å². The van der Waals surface area contributed by atoms with Gasteiger partial charge in [0.25, 0.3) is 0 Å². The Morgan fingerprint density at radius 3 is 2.90 bits per heavy atom. The van der Waals surface area contributed by atoms with Gasteiger partial charge in [-0.2, -0.15) is 0 Å². The average Bonchev–Trinajstić information content (AvgIpc) is 2.52. The minimum atomic E-state index is -0.596. The number of carbonyl (C=O) groups excluding carboxylic acids is 1. The fourth-order valence-electron chi connectivity index (χ4n) is 2.48. The van der Waals surface area contributed by atoms with Gasteiger partial charge in [0, 0.05) is 19.7 Å². The summed E-state index contributed by atoms with van der Waals surface area (Å²) in [5.74, 6) is -0.0114. The van der Waals surface area contributed by atoms with Crippen LogP contribution in [0.1, 0.15) is 37.1 Å². The van der Waals surface area contributed by atoms with Gasteiger partial charge in [-0.3, -0.25) is 4.79 Å². The van der Waals surface area contributed by atoms with Crippen LogP contribution in [-0.4, -0.2) is 36.6 Å². The van der Waals surface area contributed by atoms with Crippen LogP contribution >= 0.6 is 11.6 Å². The van der Waals surface area contributed by atoms with E-state index in [4.69, 9.17) is 16.3 Å². The number of hydrogen-bond acceptors (Lipinski definition) is 2. The van der Waals surface area contributed by atoms with E-state index in [0.717, 1.165) is 38.0 Å². The molecule has 110 valence electrons. The number of hydrogen-bond donors (Lipinski definition) is 0. The lowest BCUT2D eigenvalue weighted by Crippen LogP contribution is -2.44. The van der Waals surface area contributed by atoms with E-state index in [9.17, 15) is 4.79 Å². The van der Waals surface area contributed by atoms with Crippen molar-refractivity contribution >= 4 is 17.5 Å². The first-order chi connectivity index (χ1) is 9.72. The molecule has 4 heteroatoms. The number of ether oxygens (including phenoxy) is 1. The van der Waals surface area contributed by atoms with E-state index in [1.54, 1.807) is 0 Å². The Morgan fingerprint density at radius 1 is 1.45 bits per heavy atom. The molecule has 0 aromatic heterocycles. The summed E-state index contributed by atoms with van der Waals surface area (Å²) >= 11 is 6.31. The van der Waals surface area contributed by atoms with E-state index in [1.807, 2.05) is 35.2 Å². The number of alkyl halides is 1. The third kappa shape index (κ3) is 3.97. The molecule has 20 heavy (non-hydrogen) atoms. The molecule has 1 fully saturated rings. The molecule has 0 N–H and O–H groups in total. The lowest BCUT2D eigenvalue weighted by molar-refractivity contribution is -0.135. The standard InChI is InChI=1S/C16H22ClNO2/c1-2-11-20-14-9-6-10-18(12-14)16(19)15(17)13-7-4-3-5-8-13/h3-5,7-8,14-15H,2,6,9-12H2,1H3. The Hall–Kier alpha value is -1.06. The molecule has 1 amide bonds. The van der Waals surface area contributed by atoms with E-state index in [-0.39, 0.29) is 12.0 Å². The molecule has 1 aromatic carbocycles. The first kappa shape index (κ1) is 15.3. The molecule has 1 heterocycles. The molecular formula is C16H22ClNO2. The van der Waals surface area contributed by atoms with Crippen LogP contribution in [0.2, 0.25) is 0 Å². The SMILES string of the molecule is CCCOC1CCCN(C(=O)C(Cl)c2ccccc2)C1. The van der Waals surface area contributed by atoms with Crippen molar-refractivity contribution in [3.05, 3.63) is 35.9 Å². The van der Waals surface area contributed by atoms with Crippen molar-refractivity contribution in [1.29, 1.82) is 0 Å². The van der Waals surface area contributed by atoms with Gasteiger partial charge in [-0.05, 0) is 24.8 Å². The largest absolute Gasteiger partial charge is 0.376 e. The van der Waals surface area contributed by atoms with Gasteiger partial charge in [0.05, 0.1) is 6.10 Å². The maximum atomic E-state index is 12.5. The van der Waals surface area contributed by atoms with Crippen molar-refractivity contribution in [1.82, 2.24) is 4.90 Å². The molecule has 2 atom stereocenters. The second-order valence-electron chi connectivity index (χ2n) is 5.19. The van der Waals surface area contributed by atoms with E-state index >= 15 is 0 Å². The Labute approximate surface area is 125 Å². The summed E-state index contributed by atoms with van der Waals surface area (Å²) in [5.41, 5.74) is 0.857. The Balaban J connectivity index is 1.94. The van der Waals surface area contributed by atoms with Gasteiger partial charge < -0.3 is 9.64 Å². The van der Waals surface area contributed by atoms with Crippen molar-refractivity contribution in [2.75, 3.05) is 19.7 Å². The summed E-state index contributed by atoms with van der Waals surface area (Å²) in [5, 5.41) is -0.596. The highest BCUT2D eigenvalue weighted by molar-refractivity contribution is 6.30. The van der Waals surface area contributed by atoms with Crippen molar-refractivity contribution in [3.8, 4) is 0 Å². The molecule has 0 radical (unpaired) electrons. The molecule has 2 unspecified atom stereocenters. The zero-order valence-electron chi connectivity index (χ0n) is 11.9. The van der Waals surface area contributed by atoms with Crippen LogP contribution in [0.4, 0.5) is 0 Å². The summed E-state index contributed by atoms with van der Waals surface area (Å²) in [4.78, 5) is 14.3. The van der Waals surface area contributed by atoms with Crippen LogP contribution in [0.15, 0.2) is 30.3 Å². The van der Waals surface area contributed by atoms with Gasteiger partial charge >= 0.3 is 0 Å². The zero-order valence-corrected chi connectivity index (χ0v) is 12.7. The molecule has 1 aliphatic rings. The minimum Gasteiger partial charge on any atom is -0.376 e. The number of rotatable bonds is 5. The van der Waals surface area contributed by atoms with Crippen molar-refractivity contribution < 1.29 is 9.53 Å². The molecule has 0 bridgehead atoms. The summed E-state index contributed by atoms with van der Waals surface area (Å²) in [6.45, 7) is 4.29. The number of likely N-dealkylation sites (tertiary alicyclic amines) is 1. The average molecular weight is 296 g/mol. The van der Waals surface area contributed by atoms with Gasteiger partial charge in [-0.15, -0.1) is 11.6 Å². The maximum Gasteiger partial charge on any atom is 0.245 e. The highest BCUT2D eigenvalue weighted by atomic mass is 35.5. The van der Waals surface area contributed by atoms with Gasteiger partial charge in [0.2, 0.25) is 5.91 Å². The number of piperidine rings is 1. The Morgan fingerprint density at radius 2 is 2.20 bits per heavy atom. The number of nitrogens with zero attached hydrogens (tertiary/aromatic N) is 1. The smallest absolute Gasteiger partial charge is 0.245 e. The second-order valence-corrected chi connectivity index (χ2v) is 5.63. The van der Waals surface area contributed by atoms with Crippen LogP contribution in [0.5, 0.6) is 0 Å². The van der Waals surface area contributed by atoms with Crippen LogP contribution in [0.3, 0.4) is 0 Å². The predicted molar refractivity (Wildman–Crippen MR) is 80.9 cm³/mol. The first-order valence-electron chi connectivity index (χ1n) is 7.31. The summed E-state index contributed by atoms with van der Waals surface area (Å²) < 4.78 is 5.76. The van der Waals surface area contributed by atoms with Gasteiger partial charge in [-0.25, -0.2) is 0 Å². The Kier molecular flexibility index (Phi) is 5.86. The molecule has 0 spiro atoms. The fraction of sp³-hybridized carbons (Fsp3) is 0.562. The molecule has 1 aliphatic heterocycles. The Bertz CT molecular complexity index is 424. The molecule has 1 aromatic rings. The van der Waals surface area contributed by atoms with Gasteiger partial charge in [-0.1, -0.05) is 37.3 Å². The maximum absolute atomic E-state index is 12.5. The highest BCUT2D eigenvalue weighted by Crippen LogP contribution is 2.25. The number of halogens is 1. The van der Waals surface area contributed by atoms with E-state index in [0.29, 0.717) is 6.54 Å². The van der Waals surface area contributed by atoms with Crippen molar-refractivity contribution in [2.45, 2.75) is 37.7 Å². The second kappa shape index (κ2) is 7.65. The van der Waals surface area contributed by atoms with Crippen molar-refractivity contribution in [3.63, 3.8) is 0 Å². The normalized spacial score (nSPS) is 20.7. The van der Waals surface area contributed by atoms with Crippen LogP contribution in [-0.2, 0) is 9.53 Å². The van der Waals surface area contributed by atoms with Gasteiger partial charge in [0.1, 0.15) is 5.38 Å². The van der Waals surface area contributed by atoms with E-state index in [1.165, 1.54) is 0 Å². The summed E-state index contributed by atoms with van der Waals surface area (Å²) in [7, 11) is 0. The monoisotopic (exact) mass is 295 g/mol. The lowest BCUT2D eigenvalue weighted by atomic mass is 10.1. The lowest BCUT2D eigenvalue weighted by Gasteiger charge is -2.33. The molecular weight excluding hydrogens is 274 g/mol. The summed E-state index contributed by atoms with van der Waals surface area (Å²) in [6.07, 6.45) is 3.18. The van der Waals surface area contributed by atoms with Crippen LogP contribution < -0.4 is 0 Å². The summed E-state index contributed by atoms with van der Waals surface area (Å²) in [6, 6.07) is 9.52. The molecule has 0 saturated carbocycles. The number of amides is 1. The number of benzene rings is 1. The topological polar surface area (TPSA) is 29.5 Å². The van der Waals surface area contributed by atoms with E-state index < -0.39 is 5.38 Å². The van der Waals surface area contributed by atoms with E-state index in [2.05, 4.69) is 6.92 Å². The van der Waals surface area contributed by atoms with Crippen LogP contribution in [0.25, 0.3) is 0 Å². The molecule has 3 nitrogen and oxygen atoms in total. The first-order valence-corrected chi connectivity index (χ1v) is 7.75. The fourth-order valence-corrected chi connectivity index (χ4v) is 2.77. The van der Waals surface area contributed by atoms with Crippen LogP contribution in [0, 0.1) is 0 Å². The highest BCUT2D eigenvalue weighted by Gasteiger charge is 2.28. The minimum absolute atomic E-state index is 0.0114. The quantitative estimate of drug-likeness (QED) is 0.779. The third-order valence-corrected chi connectivity index (χ3v) is 4.00. The van der Waals surface area contributed by atoms with Crippen molar-refractivity contribution in [2.24, 2.45) is 0 Å². The zero-order chi connectivity index (χ0) is 14.4.